The van der Waals surface area contributed by atoms with Crippen LogP contribution in [0.15, 0.2) is 85.2 Å². The molecule has 1 amide bonds. The molecule has 0 fully saturated rings. The van der Waals surface area contributed by atoms with Gasteiger partial charge < -0.3 is 19.7 Å². The highest BCUT2D eigenvalue weighted by Crippen LogP contribution is 2.32. The molecule has 0 saturated heterocycles. The Hall–Kier alpha value is -4.39. The van der Waals surface area contributed by atoms with Crippen molar-refractivity contribution in [3.8, 4) is 5.75 Å². The first kappa shape index (κ1) is 24.3. The van der Waals surface area contributed by atoms with E-state index in [4.69, 9.17) is 0 Å². The third-order valence-corrected chi connectivity index (χ3v) is 7.07. The standard InChI is InChI=1S/C30H29N3O4/c1-2-21-15-20(13-14-27(21)34)17-32-19-31-24-18-33(26(30(36)37)16-25(24)32)29(35)28(22-9-5-3-6-10-22)23-11-7-4-8-12-23/h3-15,19,26,28,34H,2,16-18H2,1H3,(H,36,37)/t26-/m0/s1. The van der Waals surface area contributed by atoms with Crippen molar-refractivity contribution in [1.82, 2.24) is 14.5 Å². The topological polar surface area (TPSA) is 95.7 Å². The Bertz CT molecular complexity index is 1380. The van der Waals surface area contributed by atoms with Crippen molar-refractivity contribution >= 4 is 11.9 Å². The highest BCUT2D eigenvalue weighted by molar-refractivity contribution is 5.91. The monoisotopic (exact) mass is 495 g/mol. The molecule has 0 aliphatic carbocycles. The molecule has 1 aliphatic heterocycles. The van der Waals surface area contributed by atoms with E-state index in [9.17, 15) is 19.8 Å². The van der Waals surface area contributed by atoms with Gasteiger partial charge in [-0.1, -0.05) is 79.7 Å². The summed E-state index contributed by atoms with van der Waals surface area (Å²) in [7, 11) is 0. The maximum atomic E-state index is 14.0. The average Bonchev–Trinajstić information content (AvgIpc) is 3.31. The van der Waals surface area contributed by atoms with E-state index < -0.39 is 17.9 Å². The maximum absolute atomic E-state index is 14.0. The highest BCUT2D eigenvalue weighted by Gasteiger charge is 2.40. The minimum atomic E-state index is -1.04. The number of carboxylic acid groups (broad SMARTS) is 1. The van der Waals surface area contributed by atoms with Crippen molar-refractivity contribution in [3.05, 3.63) is 119 Å². The van der Waals surface area contributed by atoms with E-state index in [1.807, 2.05) is 84.3 Å². The number of phenols is 1. The van der Waals surface area contributed by atoms with Crippen LogP contribution >= 0.6 is 0 Å². The normalized spacial score (nSPS) is 15.0. The Labute approximate surface area is 215 Å². The van der Waals surface area contributed by atoms with Crippen LogP contribution in [0, 0.1) is 0 Å². The average molecular weight is 496 g/mol. The van der Waals surface area contributed by atoms with Crippen LogP contribution in [-0.2, 0) is 35.5 Å². The molecule has 2 heterocycles. The zero-order chi connectivity index (χ0) is 25.9. The molecule has 3 aromatic carbocycles. The Morgan fingerprint density at radius 2 is 1.65 bits per heavy atom. The van der Waals surface area contributed by atoms with E-state index in [0.29, 0.717) is 18.7 Å². The number of carbonyl (C=O) groups is 2. The van der Waals surface area contributed by atoms with Crippen LogP contribution in [0.5, 0.6) is 5.75 Å². The van der Waals surface area contributed by atoms with Crippen LogP contribution in [0.25, 0.3) is 0 Å². The van der Waals surface area contributed by atoms with Crippen molar-refractivity contribution in [3.63, 3.8) is 0 Å². The fraction of sp³-hybridized carbons (Fsp3) is 0.233. The number of hydrogen-bond acceptors (Lipinski definition) is 4. The van der Waals surface area contributed by atoms with Gasteiger partial charge in [-0.2, -0.15) is 0 Å². The molecular formula is C30H29N3O4. The van der Waals surface area contributed by atoms with Crippen molar-refractivity contribution in [2.75, 3.05) is 0 Å². The lowest BCUT2D eigenvalue weighted by Gasteiger charge is -2.35. The predicted molar refractivity (Wildman–Crippen MR) is 139 cm³/mol. The predicted octanol–water partition coefficient (Wildman–Crippen LogP) is 4.37. The first-order valence-corrected chi connectivity index (χ1v) is 12.4. The number of rotatable bonds is 7. The molecule has 7 heteroatoms. The van der Waals surface area contributed by atoms with Crippen LogP contribution in [0.4, 0.5) is 0 Å². The number of hydrogen-bond donors (Lipinski definition) is 2. The van der Waals surface area contributed by atoms with Crippen LogP contribution in [0.3, 0.4) is 0 Å². The van der Waals surface area contributed by atoms with Crippen LogP contribution in [0.1, 0.15) is 46.5 Å². The second-order valence-corrected chi connectivity index (χ2v) is 9.36. The Morgan fingerprint density at radius 1 is 1.00 bits per heavy atom. The summed E-state index contributed by atoms with van der Waals surface area (Å²) in [5.74, 6) is -1.64. The fourth-order valence-electron chi connectivity index (χ4n) is 5.12. The quantitative estimate of drug-likeness (QED) is 0.397. The van der Waals surface area contributed by atoms with E-state index in [-0.39, 0.29) is 24.6 Å². The van der Waals surface area contributed by atoms with Gasteiger partial charge in [0.15, 0.2) is 0 Å². The first-order valence-electron chi connectivity index (χ1n) is 12.4. The Morgan fingerprint density at radius 3 is 2.24 bits per heavy atom. The lowest BCUT2D eigenvalue weighted by molar-refractivity contribution is -0.151. The molecule has 0 radical (unpaired) electrons. The molecule has 0 spiro atoms. The summed E-state index contributed by atoms with van der Waals surface area (Å²) in [4.78, 5) is 32.5. The molecule has 4 aromatic rings. The van der Waals surface area contributed by atoms with Gasteiger partial charge in [0.25, 0.3) is 0 Å². The number of amides is 1. The minimum Gasteiger partial charge on any atom is -0.508 e. The number of aromatic hydroxyl groups is 1. The summed E-state index contributed by atoms with van der Waals surface area (Å²) in [6.45, 7) is 2.62. The number of phenolic OH excluding ortho intramolecular Hbond substituents is 1. The lowest BCUT2D eigenvalue weighted by atomic mass is 9.88. The Kier molecular flexibility index (Phi) is 6.77. The molecule has 1 atom stereocenters. The molecule has 5 rings (SSSR count). The minimum absolute atomic E-state index is 0.129. The number of aryl methyl sites for hydroxylation is 1. The molecule has 188 valence electrons. The second-order valence-electron chi connectivity index (χ2n) is 9.36. The number of carboxylic acids is 1. The molecule has 2 N–H and O–H groups in total. The van der Waals surface area contributed by atoms with Gasteiger partial charge in [-0.3, -0.25) is 4.79 Å². The highest BCUT2D eigenvalue weighted by atomic mass is 16.4. The summed E-state index contributed by atoms with van der Waals surface area (Å²) >= 11 is 0. The van der Waals surface area contributed by atoms with Gasteiger partial charge in [0.1, 0.15) is 11.8 Å². The third kappa shape index (κ3) is 4.85. The van der Waals surface area contributed by atoms with Gasteiger partial charge in [-0.25, -0.2) is 9.78 Å². The zero-order valence-electron chi connectivity index (χ0n) is 20.6. The summed E-state index contributed by atoms with van der Waals surface area (Å²) < 4.78 is 1.95. The van der Waals surface area contributed by atoms with Gasteiger partial charge in [0, 0.05) is 18.7 Å². The van der Waals surface area contributed by atoms with E-state index >= 15 is 0 Å². The molecule has 37 heavy (non-hydrogen) atoms. The number of aromatic nitrogens is 2. The summed E-state index contributed by atoms with van der Waals surface area (Å²) in [5, 5.41) is 20.2. The molecule has 0 saturated carbocycles. The first-order chi connectivity index (χ1) is 18.0. The molecular weight excluding hydrogens is 466 g/mol. The molecule has 0 bridgehead atoms. The number of nitrogens with zero attached hydrogens (tertiary/aromatic N) is 3. The number of carbonyl (C=O) groups excluding carboxylic acids is 1. The van der Waals surface area contributed by atoms with E-state index in [0.717, 1.165) is 27.9 Å². The van der Waals surface area contributed by atoms with Crippen LogP contribution < -0.4 is 0 Å². The summed E-state index contributed by atoms with van der Waals surface area (Å²) in [6, 6.07) is 23.4. The van der Waals surface area contributed by atoms with Crippen LogP contribution in [0.2, 0.25) is 0 Å². The van der Waals surface area contributed by atoms with Gasteiger partial charge >= 0.3 is 5.97 Å². The van der Waals surface area contributed by atoms with Crippen LogP contribution in [-0.4, -0.2) is 42.6 Å². The number of benzene rings is 3. The number of imidazole rings is 1. The van der Waals surface area contributed by atoms with E-state index in [1.54, 1.807) is 12.4 Å². The SMILES string of the molecule is CCc1cc(Cn2cnc3c2C[C@@H](C(=O)O)N(C(=O)C(c2ccccc2)c2ccccc2)C3)ccc1O. The smallest absolute Gasteiger partial charge is 0.326 e. The lowest BCUT2D eigenvalue weighted by Crippen LogP contribution is -2.50. The number of aliphatic carboxylic acids is 1. The van der Waals surface area contributed by atoms with Crippen molar-refractivity contribution in [1.29, 1.82) is 0 Å². The maximum Gasteiger partial charge on any atom is 0.326 e. The molecule has 0 unspecified atom stereocenters. The molecule has 7 nitrogen and oxygen atoms in total. The second kappa shape index (κ2) is 10.3. The van der Waals surface area contributed by atoms with Crippen molar-refractivity contribution in [2.45, 2.75) is 44.8 Å². The van der Waals surface area contributed by atoms with E-state index in [2.05, 4.69) is 4.98 Å². The summed E-state index contributed by atoms with van der Waals surface area (Å²) in [5.41, 5.74) is 5.02. The molecule has 1 aliphatic rings. The van der Waals surface area contributed by atoms with Crippen molar-refractivity contribution in [2.24, 2.45) is 0 Å². The Balaban J connectivity index is 1.47. The number of fused-ring (bicyclic) bond motifs is 1. The van der Waals surface area contributed by atoms with Gasteiger partial charge in [0.05, 0.1) is 24.5 Å². The summed E-state index contributed by atoms with van der Waals surface area (Å²) in [6.07, 6.45) is 2.59. The fourth-order valence-corrected chi connectivity index (χ4v) is 5.12. The largest absolute Gasteiger partial charge is 0.508 e. The van der Waals surface area contributed by atoms with E-state index in [1.165, 1.54) is 4.90 Å². The third-order valence-electron chi connectivity index (χ3n) is 7.07. The molecule has 1 aromatic heterocycles. The zero-order valence-corrected chi connectivity index (χ0v) is 20.6. The van der Waals surface area contributed by atoms with Gasteiger partial charge in [-0.05, 0) is 34.7 Å². The van der Waals surface area contributed by atoms with Gasteiger partial charge in [-0.15, -0.1) is 0 Å². The van der Waals surface area contributed by atoms with Crippen molar-refractivity contribution < 1.29 is 19.8 Å². The van der Waals surface area contributed by atoms with Gasteiger partial charge in [0.2, 0.25) is 5.91 Å².